The summed E-state index contributed by atoms with van der Waals surface area (Å²) in [5, 5.41) is 8.73. The van der Waals surface area contributed by atoms with Crippen LogP contribution in [0.25, 0.3) is 0 Å². The molecule has 0 bridgehead atoms. The number of carboxylic acid groups (broad SMARTS) is 1. The number of hydrogen-bond acceptors (Lipinski definition) is 2. The lowest BCUT2D eigenvalue weighted by molar-refractivity contribution is 0.0960. The van der Waals surface area contributed by atoms with E-state index in [-0.39, 0.29) is 6.17 Å². The van der Waals surface area contributed by atoms with Crippen LogP contribution in [0.1, 0.15) is 12.8 Å². The predicted molar refractivity (Wildman–Crippen MR) is 41.4 cm³/mol. The summed E-state index contributed by atoms with van der Waals surface area (Å²) >= 11 is 0. The highest BCUT2D eigenvalue weighted by Gasteiger charge is 2.29. The van der Waals surface area contributed by atoms with Gasteiger partial charge >= 0.3 is 6.09 Å². The fraction of sp³-hybridized carbons (Fsp3) is 0.857. The first kappa shape index (κ1) is 8.33. The number of likely N-dealkylation sites (tertiary alicyclic amines) is 1. The zero-order valence-electron chi connectivity index (χ0n) is 6.95. The largest absolute Gasteiger partial charge is 0.465 e. The van der Waals surface area contributed by atoms with Crippen molar-refractivity contribution < 1.29 is 9.90 Å². The molecule has 11 heavy (non-hydrogen) atoms. The van der Waals surface area contributed by atoms with Crippen molar-refractivity contribution in [3.8, 4) is 0 Å². The van der Waals surface area contributed by atoms with Crippen LogP contribution in [-0.4, -0.2) is 47.8 Å². The summed E-state index contributed by atoms with van der Waals surface area (Å²) in [6.07, 6.45) is 1.22. The zero-order chi connectivity index (χ0) is 8.43. The van der Waals surface area contributed by atoms with E-state index in [0.717, 1.165) is 12.8 Å². The molecule has 0 aliphatic carbocycles. The van der Waals surface area contributed by atoms with Gasteiger partial charge in [-0.15, -0.1) is 0 Å². The number of hydrogen-bond donors (Lipinski definition) is 1. The first-order chi connectivity index (χ1) is 5.13. The van der Waals surface area contributed by atoms with Crippen molar-refractivity contribution >= 4 is 6.09 Å². The number of rotatable bonds is 1. The van der Waals surface area contributed by atoms with Gasteiger partial charge in [-0.2, -0.15) is 0 Å². The van der Waals surface area contributed by atoms with Crippen molar-refractivity contribution in [3.05, 3.63) is 0 Å². The molecule has 1 aliphatic heterocycles. The van der Waals surface area contributed by atoms with Crippen molar-refractivity contribution in [2.75, 3.05) is 20.6 Å². The van der Waals surface area contributed by atoms with Gasteiger partial charge in [-0.3, -0.25) is 9.80 Å². The molecule has 4 heteroatoms. The molecule has 1 fully saturated rings. The average Bonchev–Trinajstić information content (AvgIpc) is 2.32. The highest BCUT2D eigenvalue weighted by atomic mass is 16.4. The van der Waals surface area contributed by atoms with Gasteiger partial charge in [-0.1, -0.05) is 0 Å². The van der Waals surface area contributed by atoms with E-state index in [0.29, 0.717) is 6.54 Å². The van der Waals surface area contributed by atoms with E-state index >= 15 is 0 Å². The van der Waals surface area contributed by atoms with E-state index in [1.165, 1.54) is 4.90 Å². The Morgan fingerprint density at radius 3 is 2.64 bits per heavy atom. The summed E-state index contributed by atoms with van der Waals surface area (Å²) in [5.41, 5.74) is 0. The minimum absolute atomic E-state index is 0.0903. The van der Waals surface area contributed by atoms with Crippen molar-refractivity contribution in [3.63, 3.8) is 0 Å². The summed E-state index contributed by atoms with van der Waals surface area (Å²) in [6.45, 7) is 0.679. The van der Waals surface area contributed by atoms with E-state index in [2.05, 4.69) is 0 Å². The van der Waals surface area contributed by atoms with Crippen molar-refractivity contribution in [2.24, 2.45) is 0 Å². The lowest BCUT2D eigenvalue weighted by atomic mass is 10.3. The van der Waals surface area contributed by atoms with Crippen LogP contribution in [0.4, 0.5) is 4.79 Å². The Labute approximate surface area is 66.4 Å². The molecular weight excluding hydrogens is 144 g/mol. The summed E-state index contributed by atoms with van der Waals surface area (Å²) in [6, 6.07) is 0. The molecule has 0 aromatic heterocycles. The third kappa shape index (κ3) is 1.63. The van der Waals surface area contributed by atoms with Gasteiger partial charge in [0, 0.05) is 6.54 Å². The van der Waals surface area contributed by atoms with Gasteiger partial charge in [0.1, 0.15) is 0 Å². The van der Waals surface area contributed by atoms with Crippen molar-refractivity contribution in [2.45, 2.75) is 19.0 Å². The molecule has 1 unspecified atom stereocenters. The Morgan fingerprint density at radius 2 is 2.27 bits per heavy atom. The van der Waals surface area contributed by atoms with E-state index in [1.807, 2.05) is 19.0 Å². The molecule has 1 aliphatic rings. The minimum atomic E-state index is -0.804. The molecule has 4 nitrogen and oxygen atoms in total. The summed E-state index contributed by atoms with van der Waals surface area (Å²) in [5.74, 6) is 0. The van der Waals surface area contributed by atoms with E-state index in [1.54, 1.807) is 0 Å². The van der Waals surface area contributed by atoms with E-state index in [4.69, 9.17) is 5.11 Å². The van der Waals surface area contributed by atoms with Crippen LogP contribution >= 0.6 is 0 Å². The lowest BCUT2D eigenvalue weighted by Crippen LogP contribution is -2.43. The molecule has 1 atom stereocenters. The van der Waals surface area contributed by atoms with Crippen LogP contribution in [0.5, 0.6) is 0 Å². The molecule has 1 rings (SSSR count). The lowest BCUT2D eigenvalue weighted by Gasteiger charge is -2.27. The van der Waals surface area contributed by atoms with Gasteiger partial charge in [0.05, 0.1) is 6.17 Å². The maximum absolute atomic E-state index is 10.6. The van der Waals surface area contributed by atoms with Crippen LogP contribution in [0.3, 0.4) is 0 Å². The van der Waals surface area contributed by atoms with Crippen LogP contribution < -0.4 is 0 Å². The number of nitrogens with zero attached hydrogens (tertiary/aromatic N) is 2. The average molecular weight is 158 g/mol. The fourth-order valence-electron chi connectivity index (χ4n) is 1.51. The number of amides is 1. The van der Waals surface area contributed by atoms with Gasteiger partial charge < -0.3 is 5.11 Å². The number of carbonyl (C=O) groups is 1. The van der Waals surface area contributed by atoms with Crippen LogP contribution in [-0.2, 0) is 0 Å². The molecule has 64 valence electrons. The Hall–Kier alpha value is -0.770. The second kappa shape index (κ2) is 3.09. The quantitative estimate of drug-likeness (QED) is 0.609. The molecule has 1 amide bonds. The first-order valence-corrected chi connectivity index (χ1v) is 3.79. The Bertz CT molecular complexity index is 159. The molecule has 1 saturated heterocycles. The molecular formula is C7H14N2O2. The molecule has 1 heterocycles. The van der Waals surface area contributed by atoms with Crippen molar-refractivity contribution in [1.29, 1.82) is 0 Å². The third-order valence-corrected chi connectivity index (χ3v) is 2.06. The molecule has 0 aromatic rings. The van der Waals surface area contributed by atoms with Crippen LogP contribution in [0.2, 0.25) is 0 Å². The fourth-order valence-corrected chi connectivity index (χ4v) is 1.51. The maximum atomic E-state index is 10.6. The molecule has 0 saturated carbocycles. The highest BCUT2D eigenvalue weighted by Crippen LogP contribution is 2.18. The molecule has 1 N–H and O–H groups in total. The summed E-state index contributed by atoms with van der Waals surface area (Å²) < 4.78 is 0. The topological polar surface area (TPSA) is 43.8 Å². The second-order valence-corrected chi connectivity index (χ2v) is 3.06. The predicted octanol–water partition coefficient (Wildman–Crippen LogP) is 0.648. The summed E-state index contributed by atoms with van der Waals surface area (Å²) in [7, 11) is 3.82. The standard InChI is InChI=1S/C7H14N2O2/c1-8(2)6-4-3-5-9(6)7(10)11/h6H,3-5H2,1-2H3,(H,10,11). The Balaban J connectivity index is 2.58. The van der Waals surface area contributed by atoms with Gasteiger partial charge in [0.15, 0.2) is 0 Å². The van der Waals surface area contributed by atoms with Gasteiger partial charge in [-0.05, 0) is 26.9 Å². The van der Waals surface area contributed by atoms with E-state index < -0.39 is 6.09 Å². The maximum Gasteiger partial charge on any atom is 0.408 e. The third-order valence-electron chi connectivity index (χ3n) is 2.06. The second-order valence-electron chi connectivity index (χ2n) is 3.06. The smallest absolute Gasteiger partial charge is 0.408 e. The summed E-state index contributed by atoms with van der Waals surface area (Å²) in [4.78, 5) is 14.0. The van der Waals surface area contributed by atoms with Crippen LogP contribution in [0, 0.1) is 0 Å². The Kier molecular flexibility index (Phi) is 2.34. The molecule has 0 aromatic carbocycles. The van der Waals surface area contributed by atoms with Gasteiger partial charge in [0.25, 0.3) is 0 Å². The highest BCUT2D eigenvalue weighted by molar-refractivity contribution is 5.65. The SMILES string of the molecule is CN(C)C1CCCN1C(=O)O. The van der Waals surface area contributed by atoms with Crippen molar-refractivity contribution in [1.82, 2.24) is 9.80 Å². The Morgan fingerprint density at radius 1 is 1.64 bits per heavy atom. The zero-order valence-corrected chi connectivity index (χ0v) is 6.95. The minimum Gasteiger partial charge on any atom is -0.465 e. The molecule has 0 radical (unpaired) electrons. The monoisotopic (exact) mass is 158 g/mol. The molecule has 0 spiro atoms. The first-order valence-electron chi connectivity index (χ1n) is 3.79. The van der Waals surface area contributed by atoms with E-state index in [9.17, 15) is 4.79 Å². The van der Waals surface area contributed by atoms with Gasteiger partial charge in [-0.25, -0.2) is 4.79 Å². The van der Waals surface area contributed by atoms with Crippen LogP contribution in [0.15, 0.2) is 0 Å². The van der Waals surface area contributed by atoms with Gasteiger partial charge in [0.2, 0.25) is 0 Å². The normalized spacial score (nSPS) is 24.6.